The SMILES string of the molecule is CC(C)(C)c1cc(N2C(=O)C(=O)/C(=C(\O)c3ccccc3)C2c2ccc(F)cc2)no1. The summed E-state index contributed by atoms with van der Waals surface area (Å²) in [6, 6.07) is 14.5. The maximum atomic E-state index is 13.6. The van der Waals surface area contributed by atoms with Crippen molar-refractivity contribution in [2.45, 2.75) is 32.2 Å². The van der Waals surface area contributed by atoms with Crippen LogP contribution in [0.3, 0.4) is 0 Å². The molecule has 1 N–H and O–H groups in total. The number of carbonyl (C=O) groups is 2. The summed E-state index contributed by atoms with van der Waals surface area (Å²) in [5.41, 5.74) is 0.387. The number of aliphatic hydroxyl groups is 1. The van der Waals surface area contributed by atoms with E-state index in [-0.39, 0.29) is 22.6 Å². The Bertz CT molecular complexity index is 1170. The lowest BCUT2D eigenvalue weighted by Gasteiger charge is -2.23. The maximum Gasteiger partial charge on any atom is 0.301 e. The van der Waals surface area contributed by atoms with E-state index in [4.69, 9.17) is 4.52 Å². The summed E-state index contributed by atoms with van der Waals surface area (Å²) >= 11 is 0. The average molecular weight is 420 g/mol. The van der Waals surface area contributed by atoms with Crippen molar-refractivity contribution in [1.82, 2.24) is 5.16 Å². The molecule has 4 rings (SSSR count). The van der Waals surface area contributed by atoms with E-state index >= 15 is 0 Å². The molecular weight excluding hydrogens is 399 g/mol. The molecule has 2 heterocycles. The molecule has 0 radical (unpaired) electrons. The average Bonchev–Trinajstić information content (AvgIpc) is 3.33. The highest BCUT2D eigenvalue weighted by molar-refractivity contribution is 6.51. The fourth-order valence-corrected chi connectivity index (χ4v) is 3.51. The molecule has 0 saturated carbocycles. The van der Waals surface area contributed by atoms with Crippen molar-refractivity contribution in [3.05, 3.63) is 88.9 Å². The number of benzene rings is 2. The Labute approximate surface area is 178 Å². The summed E-state index contributed by atoms with van der Waals surface area (Å²) in [7, 11) is 0. The number of halogens is 1. The minimum Gasteiger partial charge on any atom is -0.507 e. The van der Waals surface area contributed by atoms with Crippen LogP contribution in [-0.4, -0.2) is 22.0 Å². The van der Waals surface area contributed by atoms with Gasteiger partial charge in [-0.15, -0.1) is 0 Å². The lowest BCUT2D eigenvalue weighted by Crippen LogP contribution is -2.29. The standard InChI is InChI=1S/C24H21FN2O4/c1-24(2,3)17-13-18(26-31-17)27-20(14-9-11-16(25)12-10-14)19(22(29)23(27)30)21(28)15-7-5-4-6-8-15/h4-13,20,28H,1-3H3/b21-19-. The number of carbonyl (C=O) groups excluding carboxylic acids is 2. The van der Waals surface area contributed by atoms with Crippen molar-refractivity contribution in [2.24, 2.45) is 0 Å². The Morgan fingerprint density at radius 2 is 1.71 bits per heavy atom. The molecule has 158 valence electrons. The Morgan fingerprint density at radius 3 is 2.29 bits per heavy atom. The Hall–Kier alpha value is -3.74. The number of amides is 1. The van der Waals surface area contributed by atoms with Crippen LogP contribution in [0.1, 0.15) is 43.7 Å². The van der Waals surface area contributed by atoms with Crippen molar-refractivity contribution in [3.63, 3.8) is 0 Å². The van der Waals surface area contributed by atoms with E-state index in [0.29, 0.717) is 16.9 Å². The minimum atomic E-state index is -0.987. The Morgan fingerprint density at radius 1 is 1.06 bits per heavy atom. The molecule has 3 aromatic rings. The smallest absolute Gasteiger partial charge is 0.301 e. The van der Waals surface area contributed by atoms with E-state index in [1.165, 1.54) is 29.2 Å². The number of aliphatic hydroxyl groups excluding tert-OH is 1. The summed E-state index contributed by atoms with van der Waals surface area (Å²) in [5.74, 6) is -1.79. The highest BCUT2D eigenvalue weighted by atomic mass is 19.1. The number of Topliss-reactive ketones (excluding diaryl/α,β-unsaturated/α-hetero) is 1. The van der Waals surface area contributed by atoms with Gasteiger partial charge in [0.25, 0.3) is 5.78 Å². The van der Waals surface area contributed by atoms with Gasteiger partial charge >= 0.3 is 5.91 Å². The van der Waals surface area contributed by atoms with Crippen LogP contribution in [0.4, 0.5) is 10.2 Å². The lowest BCUT2D eigenvalue weighted by atomic mass is 9.93. The lowest BCUT2D eigenvalue weighted by molar-refractivity contribution is -0.132. The number of nitrogens with zero attached hydrogens (tertiary/aromatic N) is 2. The highest BCUT2D eigenvalue weighted by Gasteiger charge is 2.48. The molecule has 1 unspecified atom stereocenters. The molecule has 2 aromatic carbocycles. The number of rotatable bonds is 3. The molecule has 0 aliphatic carbocycles. The first-order valence-electron chi connectivity index (χ1n) is 9.77. The predicted molar refractivity (Wildman–Crippen MR) is 113 cm³/mol. The van der Waals surface area contributed by atoms with Crippen LogP contribution in [0.5, 0.6) is 0 Å². The Balaban J connectivity index is 1.92. The number of aromatic nitrogens is 1. The maximum absolute atomic E-state index is 13.6. The third-order valence-electron chi connectivity index (χ3n) is 5.16. The summed E-state index contributed by atoms with van der Waals surface area (Å²) in [6.45, 7) is 5.79. The molecule has 31 heavy (non-hydrogen) atoms. The van der Waals surface area contributed by atoms with Gasteiger partial charge in [-0.3, -0.25) is 14.5 Å². The van der Waals surface area contributed by atoms with Crippen molar-refractivity contribution < 1.29 is 23.6 Å². The first-order valence-corrected chi connectivity index (χ1v) is 9.77. The zero-order valence-corrected chi connectivity index (χ0v) is 17.3. The minimum absolute atomic E-state index is 0.0943. The van der Waals surface area contributed by atoms with Gasteiger partial charge in [-0.05, 0) is 17.7 Å². The largest absolute Gasteiger partial charge is 0.507 e. The number of anilines is 1. The summed E-state index contributed by atoms with van der Waals surface area (Å²) in [4.78, 5) is 27.2. The number of ketones is 1. The van der Waals surface area contributed by atoms with Gasteiger partial charge in [0, 0.05) is 17.0 Å². The molecule has 1 aromatic heterocycles. The molecule has 1 atom stereocenters. The quantitative estimate of drug-likeness (QED) is 0.376. The monoisotopic (exact) mass is 420 g/mol. The summed E-state index contributed by atoms with van der Waals surface area (Å²) < 4.78 is 19.0. The topological polar surface area (TPSA) is 83.6 Å². The molecule has 1 fully saturated rings. The van der Waals surface area contributed by atoms with Gasteiger partial charge < -0.3 is 9.63 Å². The van der Waals surface area contributed by atoms with Gasteiger partial charge in [0.2, 0.25) is 0 Å². The van der Waals surface area contributed by atoms with Crippen LogP contribution in [0.2, 0.25) is 0 Å². The van der Waals surface area contributed by atoms with Gasteiger partial charge in [0.05, 0.1) is 11.6 Å². The first-order chi connectivity index (χ1) is 14.7. The Kier molecular flexibility index (Phi) is 4.97. The van der Waals surface area contributed by atoms with E-state index in [1.54, 1.807) is 36.4 Å². The van der Waals surface area contributed by atoms with Crippen LogP contribution >= 0.6 is 0 Å². The van der Waals surface area contributed by atoms with E-state index in [1.807, 2.05) is 20.8 Å². The van der Waals surface area contributed by atoms with Crippen molar-refractivity contribution in [1.29, 1.82) is 0 Å². The van der Waals surface area contributed by atoms with E-state index < -0.39 is 23.5 Å². The zero-order chi connectivity index (χ0) is 22.3. The molecule has 6 nitrogen and oxygen atoms in total. The van der Waals surface area contributed by atoms with Crippen LogP contribution in [0, 0.1) is 5.82 Å². The van der Waals surface area contributed by atoms with Crippen molar-refractivity contribution in [3.8, 4) is 0 Å². The zero-order valence-electron chi connectivity index (χ0n) is 17.3. The van der Waals surface area contributed by atoms with Gasteiger partial charge in [-0.1, -0.05) is 68.4 Å². The predicted octanol–water partition coefficient (Wildman–Crippen LogP) is 4.74. The molecule has 0 bridgehead atoms. The van der Waals surface area contributed by atoms with Gasteiger partial charge in [0.15, 0.2) is 5.82 Å². The fourth-order valence-electron chi connectivity index (χ4n) is 3.51. The van der Waals surface area contributed by atoms with E-state index in [9.17, 15) is 19.1 Å². The highest BCUT2D eigenvalue weighted by Crippen LogP contribution is 2.42. The molecule has 0 spiro atoms. The van der Waals surface area contributed by atoms with Crippen molar-refractivity contribution in [2.75, 3.05) is 4.90 Å². The molecule has 1 aliphatic heterocycles. The molecule has 7 heteroatoms. The third-order valence-corrected chi connectivity index (χ3v) is 5.16. The normalized spacial score (nSPS) is 18.6. The second-order valence-electron chi connectivity index (χ2n) is 8.39. The summed E-state index contributed by atoms with van der Waals surface area (Å²) in [5, 5.41) is 15.0. The van der Waals surface area contributed by atoms with Crippen molar-refractivity contribution >= 4 is 23.3 Å². The number of hydrogen-bond acceptors (Lipinski definition) is 5. The second kappa shape index (κ2) is 7.50. The number of hydrogen-bond donors (Lipinski definition) is 1. The van der Waals surface area contributed by atoms with Crippen LogP contribution in [0.15, 0.2) is 70.8 Å². The summed E-state index contributed by atoms with van der Waals surface area (Å²) in [6.07, 6.45) is 0. The van der Waals surface area contributed by atoms with Gasteiger partial charge in [0.1, 0.15) is 17.3 Å². The van der Waals surface area contributed by atoms with E-state index in [2.05, 4.69) is 5.16 Å². The molecular formula is C24H21FN2O4. The van der Waals surface area contributed by atoms with Gasteiger partial charge in [-0.25, -0.2) is 4.39 Å². The second-order valence-corrected chi connectivity index (χ2v) is 8.39. The van der Waals surface area contributed by atoms with Crippen LogP contribution in [-0.2, 0) is 15.0 Å². The molecule has 1 saturated heterocycles. The van der Waals surface area contributed by atoms with Crippen LogP contribution in [0.25, 0.3) is 5.76 Å². The van der Waals surface area contributed by atoms with Gasteiger partial charge in [-0.2, -0.15) is 0 Å². The fraction of sp³-hybridized carbons (Fsp3) is 0.208. The van der Waals surface area contributed by atoms with Crippen LogP contribution < -0.4 is 4.90 Å². The third kappa shape index (κ3) is 3.63. The molecule has 1 amide bonds. The van der Waals surface area contributed by atoms with E-state index in [0.717, 1.165) is 0 Å². The first kappa shape index (κ1) is 20.5. The molecule has 1 aliphatic rings.